The van der Waals surface area contributed by atoms with Gasteiger partial charge in [0.25, 0.3) is 0 Å². The van der Waals surface area contributed by atoms with Crippen LogP contribution in [-0.4, -0.2) is 66.1 Å². The van der Waals surface area contributed by atoms with Crippen molar-refractivity contribution in [3.63, 3.8) is 0 Å². The van der Waals surface area contributed by atoms with E-state index in [4.69, 9.17) is 9.47 Å². The molecule has 0 amide bonds. The fourth-order valence-electron chi connectivity index (χ4n) is 5.01. The number of nitrogens with one attached hydrogen (secondary N) is 1. The first-order valence-electron chi connectivity index (χ1n) is 12.2. The van der Waals surface area contributed by atoms with E-state index in [0.717, 1.165) is 65.4 Å². The molecule has 8 nitrogen and oxygen atoms in total. The van der Waals surface area contributed by atoms with Crippen molar-refractivity contribution in [3.05, 3.63) is 42.2 Å². The van der Waals surface area contributed by atoms with Crippen LogP contribution in [0.4, 0.5) is 10.8 Å². The predicted octanol–water partition coefficient (Wildman–Crippen LogP) is 4.41. The molecule has 3 aromatic rings. The van der Waals surface area contributed by atoms with Crippen molar-refractivity contribution < 1.29 is 9.47 Å². The molecule has 2 fully saturated rings. The molecule has 0 bridgehead atoms. The molecule has 0 radical (unpaired) electrons. The molecule has 182 valence electrons. The molecule has 34 heavy (non-hydrogen) atoms. The van der Waals surface area contributed by atoms with E-state index in [1.165, 1.54) is 32.1 Å². The average molecular weight is 483 g/mol. The van der Waals surface area contributed by atoms with Gasteiger partial charge in [-0.3, -0.25) is 9.47 Å². The van der Waals surface area contributed by atoms with Crippen LogP contribution < -0.4 is 19.7 Å². The van der Waals surface area contributed by atoms with Crippen LogP contribution in [0, 0.1) is 0 Å². The van der Waals surface area contributed by atoms with Crippen molar-refractivity contribution in [1.29, 1.82) is 0 Å². The van der Waals surface area contributed by atoms with Crippen molar-refractivity contribution >= 4 is 22.2 Å². The van der Waals surface area contributed by atoms with Gasteiger partial charge in [0.2, 0.25) is 10.3 Å². The Balaban J connectivity index is 1.21. The van der Waals surface area contributed by atoms with Gasteiger partial charge in [0.15, 0.2) is 0 Å². The SMILES string of the molecule is COc1cc(NCc2cccn2-c2nnc(N3CCN(C4CCCCC4)CC3)s2)cc(OC)c1. The third kappa shape index (κ3) is 5.15. The summed E-state index contributed by atoms with van der Waals surface area (Å²) in [5.41, 5.74) is 2.06. The highest BCUT2D eigenvalue weighted by Crippen LogP contribution is 2.29. The second kappa shape index (κ2) is 10.7. The number of ether oxygens (including phenoxy) is 2. The number of hydrogen-bond donors (Lipinski definition) is 1. The topological polar surface area (TPSA) is 67.7 Å². The van der Waals surface area contributed by atoms with Gasteiger partial charge in [0.1, 0.15) is 11.5 Å². The number of benzene rings is 1. The Kier molecular flexibility index (Phi) is 7.20. The van der Waals surface area contributed by atoms with Gasteiger partial charge >= 0.3 is 0 Å². The monoisotopic (exact) mass is 482 g/mol. The van der Waals surface area contributed by atoms with Crippen molar-refractivity contribution in [2.24, 2.45) is 0 Å². The molecule has 9 heteroatoms. The molecule has 3 heterocycles. The lowest BCUT2D eigenvalue weighted by Gasteiger charge is -2.40. The third-order valence-electron chi connectivity index (χ3n) is 6.94. The fourth-order valence-corrected chi connectivity index (χ4v) is 5.92. The van der Waals surface area contributed by atoms with Gasteiger partial charge in [0, 0.05) is 68.0 Å². The molecule has 1 aromatic carbocycles. The Morgan fingerprint density at radius 2 is 1.65 bits per heavy atom. The van der Waals surface area contributed by atoms with Gasteiger partial charge in [-0.05, 0) is 25.0 Å². The smallest absolute Gasteiger partial charge is 0.218 e. The van der Waals surface area contributed by atoms with Gasteiger partial charge in [-0.1, -0.05) is 30.6 Å². The molecule has 1 aliphatic carbocycles. The lowest BCUT2D eigenvalue weighted by Crippen LogP contribution is -2.50. The molecule has 0 spiro atoms. The van der Waals surface area contributed by atoms with E-state index in [1.54, 1.807) is 25.6 Å². The van der Waals surface area contributed by atoms with Crippen LogP contribution in [0.1, 0.15) is 37.8 Å². The Hall–Kier alpha value is -2.78. The number of piperazine rings is 1. The van der Waals surface area contributed by atoms with E-state index in [9.17, 15) is 0 Å². The number of methoxy groups -OCH3 is 2. The van der Waals surface area contributed by atoms with Crippen molar-refractivity contribution in [2.75, 3.05) is 50.6 Å². The molecule has 1 N–H and O–H groups in total. The maximum Gasteiger partial charge on any atom is 0.218 e. The maximum atomic E-state index is 5.38. The minimum Gasteiger partial charge on any atom is -0.497 e. The second-order valence-corrected chi connectivity index (χ2v) is 9.94. The summed E-state index contributed by atoms with van der Waals surface area (Å²) in [4.78, 5) is 5.09. The molecule has 0 atom stereocenters. The minimum absolute atomic E-state index is 0.651. The summed E-state index contributed by atoms with van der Waals surface area (Å²) in [6.07, 6.45) is 8.99. The summed E-state index contributed by atoms with van der Waals surface area (Å²) in [5, 5.41) is 14.4. The first kappa shape index (κ1) is 23.0. The van der Waals surface area contributed by atoms with E-state index in [-0.39, 0.29) is 0 Å². The summed E-state index contributed by atoms with van der Waals surface area (Å²) in [6, 6.07) is 10.7. The van der Waals surface area contributed by atoms with Crippen LogP contribution in [0.2, 0.25) is 0 Å². The van der Waals surface area contributed by atoms with Gasteiger partial charge in [-0.2, -0.15) is 0 Å². The standard InChI is InChI=1S/C25H34N6O2S/c1-32-22-15-19(16-23(17-22)33-2)26-18-21-9-6-10-31(21)25-28-27-24(34-25)30-13-11-29(12-14-30)20-7-4-3-5-8-20/h6,9-10,15-17,20,26H,3-5,7-8,11-14,18H2,1-2H3. The van der Waals surface area contributed by atoms with Gasteiger partial charge in [0.05, 0.1) is 20.8 Å². The average Bonchev–Trinajstić information content (AvgIpc) is 3.57. The van der Waals surface area contributed by atoms with Crippen molar-refractivity contribution in [2.45, 2.75) is 44.7 Å². The molecule has 2 aliphatic rings. The van der Waals surface area contributed by atoms with Gasteiger partial charge < -0.3 is 19.7 Å². The summed E-state index contributed by atoms with van der Waals surface area (Å²) in [7, 11) is 3.32. The van der Waals surface area contributed by atoms with E-state index in [1.807, 2.05) is 24.3 Å². The van der Waals surface area contributed by atoms with Crippen LogP contribution in [0.15, 0.2) is 36.5 Å². The first-order chi connectivity index (χ1) is 16.7. The van der Waals surface area contributed by atoms with Gasteiger partial charge in [-0.15, -0.1) is 10.2 Å². The number of aromatic nitrogens is 3. The van der Waals surface area contributed by atoms with E-state index >= 15 is 0 Å². The maximum absolute atomic E-state index is 5.38. The minimum atomic E-state index is 0.651. The fraction of sp³-hybridized carbons (Fsp3) is 0.520. The summed E-state index contributed by atoms with van der Waals surface area (Å²) < 4.78 is 12.9. The van der Waals surface area contributed by atoms with Crippen LogP contribution >= 0.6 is 11.3 Å². The zero-order valence-corrected chi connectivity index (χ0v) is 20.9. The second-order valence-electron chi connectivity index (χ2n) is 9.01. The molecule has 1 aliphatic heterocycles. The van der Waals surface area contributed by atoms with Gasteiger partial charge in [-0.25, -0.2) is 0 Å². The Labute approximate surface area is 205 Å². The van der Waals surface area contributed by atoms with Crippen LogP contribution in [0.25, 0.3) is 5.13 Å². The summed E-state index contributed by atoms with van der Waals surface area (Å²) >= 11 is 1.66. The highest BCUT2D eigenvalue weighted by molar-refractivity contribution is 7.17. The molecular formula is C25H34N6O2S. The Morgan fingerprint density at radius 3 is 2.35 bits per heavy atom. The normalized spacial score (nSPS) is 17.6. The predicted molar refractivity (Wildman–Crippen MR) is 137 cm³/mol. The quantitative estimate of drug-likeness (QED) is 0.510. The van der Waals surface area contributed by atoms with Crippen LogP contribution in [-0.2, 0) is 6.54 Å². The molecule has 5 rings (SSSR count). The summed E-state index contributed by atoms with van der Waals surface area (Å²) in [5.74, 6) is 1.52. The zero-order valence-electron chi connectivity index (χ0n) is 20.1. The van der Waals surface area contributed by atoms with E-state index in [2.05, 4.69) is 42.1 Å². The first-order valence-corrected chi connectivity index (χ1v) is 13.0. The van der Waals surface area contributed by atoms with Crippen molar-refractivity contribution in [3.8, 4) is 16.6 Å². The highest BCUT2D eigenvalue weighted by Gasteiger charge is 2.26. The van der Waals surface area contributed by atoms with E-state index < -0.39 is 0 Å². The lowest BCUT2D eigenvalue weighted by molar-refractivity contribution is 0.148. The molecule has 1 saturated heterocycles. The third-order valence-corrected chi connectivity index (χ3v) is 7.93. The number of hydrogen-bond acceptors (Lipinski definition) is 8. The van der Waals surface area contributed by atoms with Crippen molar-refractivity contribution in [1.82, 2.24) is 19.7 Å². The largest absolute Gasteiger partial charge is 0.497 e. The molecule has 0 unspecified atom stereocenters. The molecular weight excluding hydrogens is 448 g/mol. The molecule has 1 saturated carbocycles. The number of rotatable bonds is 8. The zero-order chi connectivity index (χ0) is 23.3. The number of anilines is 2. The lowest BCUT2D eigenvalue weighted by atomic mass is 9.94. The Bertz CT molecular complexity index is 1050. The van der Waals surface area contributed by atoms with E-state index in [0.29, 0.717) is 6.54 Å². The highest BCUT2D eigenvalue weighted by atomic mass is 32.1. The Morgan fingerprint density at radius 1 is 0.941 bits per heavy atom. The molecule has 2 aromatic heterocycles. The van der Waals surface area contributed by atoms with Crippen LogP contribution in [0.5, 0.6) is 11.5 Å². The van der Waals surface area contributed by atoms with Crippen LogP contribution in [0.3, 0.4) is 0 Å². The number of nitrogens with zero attached hydrogens (tertiary/aromatic N) is 5. The summed E-state index contributed by atoms with van der Waals surface area (Å²) in [6.45, 7) is 4.97.